The van der Waals surface area contributed by atoms with Crippen LogP contribution in [0.25, 0.3) is 11.1 Å². The van der Waals surface area contributed by atoms with E-state index in [2.05, 4.69) is 47.4 Å². The maximum atomic E-state index is 13.5. The van der Waals surface area contributed by atoms with Crippen LogP contribution in [0.3, 0.4) is 0 Å². The molecule has 316 valence electrons. The molecule has 4 aliphatic rings. The summed E-state index contributed by atoms with van der Waals surface area (Å²) in [4.78, 5) is 66.8. The van der Waals surface area contributed by atoms with Crippen LogP contribution < -0.4 is 49.5 Å². The summed E-state index contributed by atoms with van der Waals surface area (Å²) in [5.74, 6) is -2.58. The molecule has 5 amide bonds. The first-order chi connectivity index (χ1) is 27.4. The van der Waals surface area contributed by atoms with E-state index in [4.69, 9.17) is 43.8 Å². The summed E-state index contributed by atoms with van der Waals surface area (Å²) in [6.45, 7) is 10.4. The number of halogens is 1. The standard InChI is InChI=1S/C40H59BClN9O7/c1-21(2)18-29(36(55)51-38(46)41-57-31-20-25-19-30(39(25,3)4)40(31,5)58-41)49-37(56)32(45)50-35(54)28(15-17-44)48-34(53)27(14-16-43)47-33(52)24-8-6-22(7-9-24)23-10-12-26(42)13-11-23/h6-13,21,25,27-32,38H,14-20,43-46H2,1-5H3,(H,47,52)(H,48,53)(H,49,56)(H,50,54)(H,51,55)/t25-,27-,28-,29-,30-,31?,32+,38+,40-/m0/s1. The summed E-state index contributed by atoms with van der Waals surface area (Å²) >= 11 is 5.99. The van der Waals surface area contributed by atoms with Gasteiger partial charge in [0.1, 0.15) is 24.2 Å². The average Bonchev–Trinajstić information content (AvgIpc) is 3.55. The van der Waals surface area contributed by atoms with Crippen LogP contribution in [0.4, 0.5) is 0 Å². The molecule has 1 heterocycles. The molecular formula is C40H59BClN9O7. The first-order valence-corrected chi connectivity index (χ1v) is 20.4. The first-order valence-electron chi connectivity index (χ1n) is 20.0. The Kier molecular flexibility index (Phi) is 14.6. The maximum Gasteiger partial charge on any atom is 0.497 e. The lowest BCUT2D eigenvalue weighted by molar-refractivity contribution is -0.199. The predicted molar refractivity (Wildman–Crippen MR) is 221 cm³/mol. The van der Waals surface area contributed by atoms with Crippen molar-refractivity contribution in [1.29, 1.82) is 0 Å². The molecule has 16 nitrogen and oxygen atoms in total. The van der Waals surface area contributed by atoms with E-state index >= 15 is 0 Å². The van der Waals surface area contributed by atoms with Crippen molar-refractivity contribution in [2.75, 3.05) is 13.1 Å². The second kappa shape index (κ2) is 18.9. The van der Waals surface area contributed by atoms with Crippen LogP contribution in [-0.2, 0) is 28.5 Å². The van der Waals surface area contributed by atoms with Gasteiger partial charge in [0.25, 0.3) is 11.8 Å². The van der Waals surface area contributed by atoms with E-state index in [1.54, 1.807) is 36.4 Å². The van der Waals surface area contributed by atoms with Crippen molar-refractivity contribution < 1.29 is 33.3 Å². The molecule has 2 aromatic carbocycles. The Hall–Kier alpha value is -4.10. The summed E-state index contributed by atoms with van der Waals surface area (Å²) in [6, 6.07) is 9.70. The lowest BCUT2D eigenvalue weighted by atomic mass is 9.43. The zero-order chi connectivity index (χ0) is 42.5. The topological polar surface area (TPSA) is 268 Å². The molecule has 18 heteroatoms. The largest absolute Gasteiger partial charge is 0.497 e. The van der Waals surface area contributed by atoms with Crippen LogP contribution in [0.1, 0.15) is 77.1 Å². The van der Waals surface area contributed by atoms with E-state index in [9.17, 15) is 24.0 Å². The highest BCUT2D eigenvalue weighted by Crippen LogP contribution is 2.65. The molecule has 1 saturated heterocycles. The van der Waals surface area contributed by atoms with Crippen LogP contribution in [-0.4, -0.2) is 91.8 Å². The molecule has 6 rings (SSSR count). The summed E-state index contributed by atoms with van der Waals surface area (Å²) in [5, 5.41) is 13.7. The Morgan fingerprint density at radius 3 is 1.86 bits per heavy atom. The number of amides is 5. The van der Waals surface area contributed by atoms with Crippen molar-refractivity contribution in [2.24, 2.45) is 46.1 Å². The van der Waals surface area contributed by atoms with Gasteiger partial charge in [0.2, 0.25) is 17.7 Å². The Bertz CT molecular complexity index is 1800. The second-order valence-electron chi connectivity index (χ2n) is 16.9. The van der Waals surface area contributed by atoms with Crippen LogP contribution in [0, 0.1) is 23.2 Å². The van der Waals surface area contributed by atoms with E-state index in [0.717, 1.165) is 24.0 Å². The number of nitrogens with two attached hydrogens (primary N) is 4. The maximum absolute atomic E-state index is 13.5. The highest BCUT2D eigenvalue weighted by atomic mass is 35.5. The van der Waals surface area contributed by atoms with Gasteiger partial charge in [-0.3, -0.25) is 24.0 Å². The van der Waals surface area contributed by atoms with Crippen molar-refractivity contribution in [3.63, 3.8) is 0 Å². The molecule has 2 aromatic rings. The molecule has 58 heavy (non-hydrogen) atoms. The summed E-state index contributed by atoms with van der Waals surface area (Å²) in [6.07, 6.45) is 0.481. The Labute approximate surface area is 345 Å². The van der Waals surface area contributed by atoms with Crippen LogP contribution in [0.15, 0.2) is 48.5 Å². The fourth-order valence-electron chi connectivity index (χ4n) is 8.51. The Balaban J connectivity index is 1.14. The lowest BCUT2D eigenvalue weighted by Crippen LogP contribution is -2.65. The Morgan fingerprint density at radius 1 is 0.759 bits per heavy atom. The molecule has 2 bridgehead atoms. The van der Waals surface area contributed by atoms with Crippen LogP contribution in [0.2, 0.25) is 5.02 Å². The third-order valence-electron chi connectivity index (χ3n) is 12.0. The second-order valence-corrected chi connectivity index (χ2v) is 17.3. The van der Waals surface area contributed by atoms with Gasteiger partial charge in [0.15, 0.2) is 6.17 Å². The van der Waals surface area contributed by atoms with Crippen molar-refractivity contribution in [3.8, 4) is 11.1 Å². The first kappa shape index (κ1) is 45.0. The van der Waals surface area contributed by atoms with E-state index in [-0.39, 0.29) is 49.8 Å². The monoisotopic (exact) mass is 823 g/mol. The zero-order valence-corrected chi connectivity index (χ0v) is 34.6. The van der Waals surface area contributed by atoms with E-state index in [1.807, 2.05) is 26.0 Å². The molecule has 0 radical (unpaired) electrons. The SMILES string of the molecule is CC(C)C[C@H](NC(=O)[C@H](N)NC(=O)[C@H](CCN)NC(=O)[C@H](CCN)NC(=O)c1ccc(-c2ccc(Cl)cc2)cc1)C(=O)N[C@@H](N)B1OC2C[C@@H]3C[C@@H](C3(C)C)[C@]2(C)O1. The summed E-state index contributed by atoms with van der Waals surface area (Å²) < 4.78 is 12.6. The third-order valence-corrected chi connectivity index (χ3v) is 12.2. The van der Waals surface area contributed by atoms with Crippen molar-refractivity contribution in [2.45, 2.75) is 109 Å². The van der Waals surface area contributed by atoms with Gasteiger partial charge in [0.05, 0.1) is 11.7 Å². The number of benzene rings is 2. The van der Waals surface area contributed by atoms with Crippen molar-refractivity contribution in [3.05, 3.63) is 59.1 Å². The van der Waals surface area contributed by atoms with Crippen LogP contribution in [0.5, 0.6) is 0 Å². The fraction of sp³-hybridized carbons (Fsp3) is 0.575. The minimum Gasteiger partial charge on any atom is -0.403 e. The number of carbonyl (C=O) groups is 5. The molecule has 0 spiro atoms. The van der Waals surface area contributed by atoms with Crippen LogP contribution >= 0.6 is 11.6 Å². The van der Waals surface area contributed by atoms with Gasteiger partial charge in [-0.2, -0.15) is 0 Å². The molecular weight excluding hydrogens is 765 g/mol. The van der Waals surface area contributed by atoms with Gasteiger partial charge in [-0.15, -0.1) is 0 Å². The molecule has 9 atom stereocenters. The van der Waals surface area contributed by atoms with Crippen molar-refractivity contribution >= 4 is 48.3 Å². The summed E-state index contributed by atoms with van der Waals surface area (Å²) in [5.41, 5.74) is 25.8. The molecule has 0 aromatic heterocycles. The smallest absolute Gasteiger partial charge is 0.403 e. The minimum absolute atomic E-state index is 0.00209. The third kappa shape index (κ3) is 10.2. The highest BCUT2D eigenvalue weighted by Gasteiger charge is 2.68. The number of nitrogens with one attached hydrogen (secondary N) is 5. The van der Waals surface area contributed by atoms with E-state index < -0.39 is 72.6 Å². The van der Waals surface area contributed by atoms with Gasteiger partial charge in [-0.25, -0.2) is 0 Å². The predicted octanol–water partition coefficient (Wildman–Crippen LogP) is 0.888. The normalized spacial score (nSPS) is 24.3. The molecule has 3 aliphatic carbocycles. The van der Waals surface area contributed by atoms with Gasteiger partial charge < -0.3 is 58.8 Å². The van der Waals surface area contributed by atoms with Gasteiger partial charge in [0, 0.05) is 10.6 Å². The molecule has 4 fully saturated rings. The van der Waals surface area contributed by atoms with Gasteiger partial charge in [-0.1, -0.05) is 63.6 Å². The number of carbonyl (C=O) groups excluding carboxylic acids is 5. The zero-order valence-electron chi connectivity index (χ0n) is 33.9. The summed E-state index contributed by atoms with van der Waals surface area (Å²) in [7, 11) is -0.870. The van der Waals surface area contributed by atoms with Crippen molar-refractivity contribution in [1.82, 2.24) is 26.6 Å². The van der Waals surface area contributed by atoms with Gasteiger partial charge in [-0.05, 0) is 111 Å². The molecule has 1 aliphatic heterocycles. The van der Waals surface area contributed by atoms with E-state index in [1.165, 1.54) is 0 Å². The highest BCUT2D eigenvalue weighted by molar-refractivity contribution is 6.47. The van der Waals surface area contributed by atoms with Gasteiger partial charge >= 0.3 is 7.12 Å². The fourth-order valence-corrected chi connectivity index (χ4v) is 8.64. The number of hydrogen-bond acceptors (Lipinski definition) is 11. The number of hydrogen-bond donors (Lipinski definition) is 9. The minimum atomic E-state index is -1.60. The number of rotatable bonds is 18. The quantitative estimate of drug-likeness (QED) is 0.0753. The molecule has 13 N–H and O–H groups in total. The van der Waals surface area contributed by atoms with E-state index in [0.29, 0.717) is 22.4 Å². The molecule has 1 unspecified atom stereocenters. The Morgan fingerprint density at radius 2 is 1.29 bits per heavy atom. The molecule has 3 saturated carbocycles. The average molecular weight is 824 g/mol. The lowest BCUT2D eigenvalue weighted by Gasteiger charge is -2.64.